The Morgan fingerprint density at radius 3 is 2.64 bits per heavy atom. The van der Waals surface area contributed by atoms with Crippen molar-refractivity contribution in [3.63, 3.8) is 0 Å². The van der Waals surface area contributed by atoms with Crippen molar-refractivity contribution >= 4 is 41.3 Å². The van der Waals surface area contributed by atoms with Crippen LogP contribution in [0.4, 0.5) is 0 Å². The third-order valence-electron chi connectivity index (χ3n) is 4.26. The first-order chi connectivity index (χ1) is 10.0. The first kappa shape index (κ1) is 19.7. The van der Waals surface area contributed by atoms with E-state index in [2.05, 4.69) is 41.4 Å². The van der Waals surface area contributed by atoms with Crippen LogP contribution in [-0.4, -0.2) is 24.0 Å². The van der Waals surface area contributed by atoms with Gasteiger partial charge in [-0.25, -0.2) is 4.98 Å². The average molecular weight is 436 g/mol. The molecule has 0 aliphatic heterocycles. The van der Waals surface area contributed by atoms with Gasteiger partial charge in [0.1, 0.15) is 5.01 Å². The zero-order chi connectivity index (χ0) is 15.3. The monoisotopic (exact) mass is 436 g/mol. The molecule has 1 heterocycles. The molecule has 126 valence electrons. The van der Waals surface area contributed by atoms with Crippen molar-refractivity contribution in [2.45, 2.75) is 65.5 Å². The van der Waals surface area contributed by atoms with Crippen LogP contribution >= 0.6 is 35.3 Å². The third kappa shape index (κ3) is 6.02. The molecule has 0 spiro atoms. The summed E-state index contributed by atoms with van der Waals surface area (Å²) in [6, 6.07) is 0.548. The van der Waals surface area contributed by atoms with Crippen LogP contribution in [0.5, 0.6) is 0 Å². The highest BCUT2D eigenvalue weighted by molar-refractivity contribution is 14.0. The van der Waals surface area contributed by atoms with Crippen molar-refractivity contribution in [2.75, 3.05) is 7.05 Å². The summed E-state index contributed by atoms with van der Waals surface area (Å²) in [6.07, 6.45) is 8.06. The van der Waals surface area contributed by atoms with Crippen molar-refractivity contribution in [3.8, 4) is 0 Å². The molecule has 1 aromatic heterocycles. The third-order valence-corrected chi connectivity index (χ3v) is 5.40. The highest BCUT2D eigenvalue weighted by Gasteiger charge is 2.27. The molecule has 1 fully saturated rings. The van der Waals surface area contributed by atoms with Gasteiger partial charge in [-0.15, -0.1) is 35.3 Å². The van der Waals surface area contributed by atoms with Gasteiger partial charge in [-0.1, -0.05) is 20.8 Å². The molecule has 22 heavy (non-hydrogen) atoms. The molecule has 0 bridgehead atoms. The molecular weight excluding hydrogens is 407 g/mol. The van der Waals surface area contributed by atoms with Crippen molar-refractivity contribution in [1.29, 1.82) is 0 Å². The predicted octanol–water partition coefficient (Wildman–Crippen LogP) is 3.96. The highest BCUT2D eigenvalue weighted by atomic mass is 127. The summed E-state index contributed by atoms with van der Waals surface area (Å²) in [6.45, 7) is 7.65. The first-order valence-corrected chi connectivity index (χ1v) is 8.75. The van der Waals surface area contributed by atoms with Gasteiger partial charge < -0.3 is 10.6 Å². The smallest absolute Gasteiger partial charge is 0.191 e. The molecule has 2 N–H and O–H groups in total. The van der Waals surface area contributed by atoms with E-state index in [0.29, 0.717) is 11.5 Å². The molecule has 0 unspecified atom stereocenters. The lowest BCUT2D eigenvalue weighted by molar-refractivity contribution is 0.216. The number of aliphatic imine (C=N–C) groups is 1. The average Bonchev–Trinajstić information content (AvgIpc) is 2.93. The summed E-state index contributed by atoms with van der Waals surface area (Å²) in [5.74, 6) is 0.896. The van der Waals surface area contributed by atoms with Gasteiger partial charge in [-0.3, -0.25) is 4.99 Å². The second kappa shape index (κ2) is 9.05. The van der Waals surface area contributed by atoms with E-state index >= 15 is 0 Å². The number of hydrogen-bond acceptors (Lipinski definition) is 3. The highest BCUT2D eigenvalue weighted by Crippen LogP contribution is 2.34. The predicted molar refractivity (Wildman–Crippen MR) is 106 cm³/mol. The maximum absolute atomic E-state index is 4.43. The molecule has 1 aromatic rings. The van der Waals surface area contributed by atoms with E-state index in [4.69, 9.17) is 0 Å². The zero-order valence-electron chi connectivity index (χ0n) is 14.1. The molecule has 1 aliphatic carbocycles. The van der Waals surface area contributed by atoms with Gasteiger partial charge in [0.2, 0.25) is 0 Å². The molecule has 1 aliphatic rings. The molecule has 0 aromatic carbocycles. The van der Waals surface area contributed by atoms with E-state index in [9.17, 15) is 0 Å². The number of guanidine groups is 1. The van der Waals surface area contributed by atoms with Gasteiger partial charge in [0.15, 0.2) is 5.96 Å². The van der Waals surface area contributed by atoms with Crippen LogP contribution < -0.4 is 10.6 Å². The van der Waals surface area contributed by atoms with Gasteiger partial charge in [-0.2, -0.15) is 0 Å². The first-order valence-electron chi connectivity index (χ1n) is 7.93. The van der Waals surface area contributed by atoms with Crippen molar-refractivity contribution in [1.82, 2.24) is 15.6 Å². The Hall–Kier alpha value is -0.370. The number of hydrogen-bond donors (Lipinski definition) is 2. The molecular formula is C16H29IN4S. The van der Waals surface area contributed by atoms with Crippen LogP contribution in [0, 0.1) is 5.41 Å². The summed E-state index contributed by atoms with van der Waals surface area (Å²) in [5.41, 5.74) is 0.507. The van der Waals surface area contributed by atoms with Crippen LogP contribution in [0.25, 0.3) is 0 Å². The fourth-order valence-electron chi connectivity index (χ4n) is 2.68. The van der Waals surface area contributed by atoms with E-state index in [-0.39, 0.29) is 24.0 Å². The minimum atomic E-state index is 0. The Kier molecular flexibility index (Phi) is 8.10. The summed E-state index contributed by atoms with van der Waals surface area (Å²) < 4.78 is 0. The molecule has 0 amide bonds. The van der Waals surface area contributed by atoms with Crippen molar-refractivity contribution in [3.05, 3.63) is 16.1 Å². The summed E-state index contributed by atoms with van der Waals surface area (Å²) in [5, 5.41) is 8.05. The maximum Gasteiger partial charge on any atom is 0.191 e. The van der Waals surface area contributed by atoms with E-state index in [1.807, 2.05) is 13.2 Å². The van der Waals surface area contributed by atoms with E-state index < -0.39 is 0 Å². The number of nitrogens with one attached hydrogen (secondary N) is 2. The SMILES string of the molecule is CCc1cnc(CNC(=NC)NC2CCC(C)(C)CC2)s1.I. The minimum absolute atomic E-state index is 0. The van der Waals surface area contributed by atoms with Crippen LogP contribution in [0.3, 0.4) is 0 Å². The van der Waals surface area contributed by atoms with Gasteiger partial charge in [0, 0.05) is 24.2 Å². The molecule has 0 atom stereocenters. The van der Waals surface area contributed by atoms with Crippen LogP contribution in [0.15, 0.2) is 11.2 Å². The Morgan fingerprint density at radius 2 is 2.09 bits per heavy atom. The van der Waals surface area contributed by atoms with Crippen molar-refractivity contribution < 1.29 is 0 Å². The lowest BCUT2D eigenvalue weighted by Crippen LogP contribution is -2.45. The number of aryl methyl sites for hydroxylation is 1. The Balaban J connectivity index is 0.00000242. The van der Waals surface area contributed by atoms with Crippen LogP contribution in [0.1, 0.15) is 56.3 Å². The molecule has 6 heteroatoms. The Bertz CT molecular complexity index is 474. The van der Waals surface area contributed by atoms with Crippen molar-refractivity contribution in [2.24, 2.45) is 10.4 Å². The number of nitrogens with zero attached hydrogens (tertiary/aromatic N) is 2. The fraction of sp³-hybridized carbons (Fsp3) is 0.750. The van der Waals surface area contributed by atoms with E-state index in [1.165, 1.54) is 30.6 Å². The number of thiazole rings is 1. The summed E-state index contributed by atoms with van der Waals surface area (Å²) in [4.78, 5) is 10.1. The number of rotatable bonds is 4. The van der Waals surface area contributed by atoms with Gasteiger partial charge in [-0.05, 0) is 37.5 Å². The lowest BCUT2D eigenvalue weighted by Gasteiger charge is -2.35. The maximum atomic E-state index is 4.43. The standard InChI is InChI=1S/C16H28N4S.HI/c1-5-13-10-18-14(21-13)11-19-15(17-4)20-12-6-8-16(2,3)9-7-12;/h10,12H,5-9,11H2,1-4H3,(H2,17,19,20);1H. The molecule has 2 rings (SSSR count). The molecule has 1 saturated carbocycles. The molecule has 0 saturated heterocycles. The lowest BCUT2D eigenvalue weighted by atomic mass is 9.75. The minimum Gasteiger partial charge on any atom is -0.354 e. The second-order valence-corrected chi connectivity index (χ2v) is 7.78. The number of halogens is 1. The quantitative estimate of drug-likeness (QED) is 0.427. The summed E-state index contributed by atoms with van der Waals surface area (Å²) >= 11 is 1.77. The second-order valence-electron chi connectivity index (χ2n) is 6.58. The van der Waals surface area contributed by atoms with Gasteiger partial charge in [0.05, 0.1) is 6.54 Å². The van der Waals surface area contributed by atoms with Gasteiger partial charge in [0.25, 0.3) is 0 Å². The van der Waals surface area contributed by atoms with E-state index in [1.54, 1.807) is 11.3 Å². The normalized spacial score (nSPS) is 18.6. The summed E-state index contributed by atoms with van der Waals surface area (Å²) in [7, 11) is 1.83. The van der Waals surface area contributed by atoms with E-state index in [0.717, 1.165) is 23.9 Å². The largest absolute Gasteiger partial charge is 0.354 e. The van der Waals surface area contributed by atoms with Crippen LogP contribution in [-0.2, 0) is 13.0 Å². The van der Waals surface area contributed by atoms with Gasteiger partial charge >= 0.3 is 0 Å². The molecule has 0 radical (unpaired) electrons. The number of aromatic nitrogens is 1. The fourth-order valence-corrected chi connectivity index (χ4v) is 3.49. The molecule has 4 nitrogen and oxygen atoms in total. The zero-order valence-corrected chi connectivity index (χ0v) is 17.3. The Morgan fingerprint density at radius 1 is 1.41 bits per heavy atom. The topological polar surface area (TPSA) is 49.3 Å². The Labute approximate surface area is 155 Å². The van der Waals surface area contributed by atoms with Crippen LogP contribution in [0.2, 0.25) is 0 Å².